The Balaban J connectivity index is 2.30. The Morgan fingerprint density at radius 1 is 1.50 bits per heavy atom. The van der Waals surface area contributed by atoms with E-state index >= 15 is 0 Å². The van der Waals surface area contributed by atoms with Gasteiger partial charge >= 0.3 is 0 Å². The van der Waals surface area contributed by atoms with E-state index in [1.54, 1.807) is 0 Å². The molecule has 58 valence electrons. The van der Waals surface area contributed by atoms with Gasteiger partial charge in [0.25, 0.3) is 0 Å². The molecule has 3 heteroatoms. The molecule has 1 fully saturated rings. The summed E-state index contributed by atoms with van der Waals surface area (Å²) in [6.45, 7) is 7.65. The van der Waals surface area contributed by atoms with E-state index in [1.807, 2.05) is 5.41 Å². The largest absolute Gasteiger partial charge is 0.378 e. The molecule has 1 heterocycles. The molecule has 0 spiro atoms. The monoisotopic (exact) mass is 160 g/mol. The van der Waals surface area contributed by atoms with Crippen molar-refractivity contribution in [2.24, 2.45) is 0 Å². The Kier molecular flexibility index (Phi) is 3.25. The van der Waals surface area contributed by atoms with Crippen LogP contribution in [0.3, 0.4) is 0 Å². The minimum Gasteiger partial charge on any atom is -0.378 e. The molecular formula is C7H14NOS+. The standard InChI is InChI=1S/C7H14NOS/c1-3-10(2)8-4-6-9-7-5-8/h3H,1,4-7H2,2H3/q+1. The molecule has 1 aliphatic heterocycles. The van der Waals surface area contributed by atoms with Gasteiger partial charge in [-0.25, -0.2) is 0 Å². The van der Waals surface area contributed by atoms with Crippen molar-refractivity contribution in [3.05, 3.63) is 12.0 Å². The van der Waals surface area contributed by atoms with Gasteiger partial charge in [0.2, 0.25) is 0 Å². The average Bonchev–Trinajstić information content (AvgIpc) is 2.05. The molecule has 0 radical (unpaired) electrons. The highest BCUT2D eigenvalue weighted by atomic mass is 32.2. The van der Waals surface area contributed by atoms with E-state index in [0.29, 0.717) is 0 Å². The van der Waals surface area contributed by atoms with Crippen LogP contribution in [0, 0.1) is 0 Å². The first-order valence-electron chi connectivity index (χ1n) is 3.44. The summed E-state index contributed by atoms with van der Waals surface area (Å²) in [5, 5.41) is 2.01. The smallest absolute Gasteiger partial charge is 0.133 e. The zero-order valence-corrected chi connectivity index (χ0v) is 7.19. The molecule has 1 atom stereocenters. The van der Waals surface area contributed by atoms with Crippen molar-refractivity contribution in [3.8, 4) is 0 Å². The molecular weight excluding hydrogens is 146 g/mol. The number of morpholine rings is 1. The Labute approximate surface area is 65.3 Å². The van der Waals surface area contributed by atoms with Gasteiger partial charge in [-0.2, -0.15) is 0 Å². The Morgan fingerprint density at radius 2 is 2.10 bits per heavy atom. The summed E-state index contributed by atoms with van der Waals surface area (Å²) in [4.78, 5) is 0. The average molecular weight is 160 g/mol. The second-order valence-corrected chi connectivity index (χ2v) is 4.13. The van der Waals surface area contributed by atoms with Gasteiger partial charge in [-0.3, -0.25) is 0 Å². The molecule has 0 N–H and O–H groups in total. The zero-order valence-electron chi connectivity index (χ0n) is 6.38. The van der Waals surface area contributed by atoms with E-state index in [0.717, 1.165) is 26.3 Å². The minimum atomic E-state index is 0.254. The molecule has 0 aromatic heterocycles. The summed E-state index contributed by atoms with van der Waals surface area (Å²) in [7, 11) is 0. The third-order valence-electron chi connectivity index (χ3n) is 1.62. The van der Waals surface area contributed by atoms with Gasteiger partial charge in [0.05, 0.1) is 26.3 Å². The van der Waals surface area contributed by atoms with Crippen LogP contribution in [-0.2, 0) is 15.8 Å². The van der Waals surface area contributed by atoms with Crippen LogP contribution in [0.1, 0.15) is 0 Å². The number of hydrogen-bond donors (Lipinski definition) is 0. The molecule has 0 aliphatic carbocycles. The lowest BCUT2D eigenvalue weighted by Gasteiger charge is -2.21. The maximum atomic E-state index is 5.22. The van der Waals surface area contributed by atoms with E-state index in [-0.39, 0.29) is 11.1 Å². The molecule has 0 saturated carbocycles. The molecule has 0 bridgehead atoms. The van der Waals surface area contributed by atoms with Gasteiger partial charge in [-0.1, -0.05) is 0 Å². The molecule has 10 heavy (non-hydrogen) atoms. The third kappa shape index (κ3) is 2.01. The predicted octanol–water partition coefficient (Wildman–Crippen LogP) is 0.625. The van der Waals surface area contributed by atoms with E-state index in [4.69, 9.17) is 4.74 Å². The lowest BCUT2D eigenvalue weighted by Crippen LogP contribution is -2.39. The Bertz CT molecular complexity index is 112. The molecule has 1 aliphatic rings. The van der Waals surface area contributed by atoms with Crippen molar-refractivity contribution in [1.29, 1.82) is 0 Å². The molecule has 1 unspecified atom stereocenters. The normalized spacial score (nSPS) is 24.1. The van der Waals surface area contributed by atoms with E-state index < -0.39 is 0 Å². The number of ether oxygens (including phenoxy) is 1. The van der Waals surface area contributed by atoms with Gasteiger partial charge in [-0.15, -0.1) is 4.31 Å². The summed E-state index contributed by atoms with van der Waals surface area (Å²) in [5.74, 6) is 0. The predicted molar refractivity (Wildman–Crippen MR) is 45.9 cm³/mol. The van der Waals surface area contributed by atoms with Crippen molar-refractivity contribution in [1.82, 2.24) is 4.31 Å². The van der Waals surface area contributed by atoms with Gasteiger partial charge in [0, 0.05) is 0 Å². The van der Waals surface area contributed by atoms with Crippen LogP contribution in [0.4, 0.5) is 0 Å². The zero-order chi connectivity index (χ0) is 7.40. The van der Waals surface area contributed by atoms with Gasteiger partial charge < -0.3 is 4.74 Å². The van der Waals surface area contributed by atoms with Crippen LogP contribution in [-0.4, -0.2) is 36.9 Å². The first-order valence-corrected chi connectivity index (χ1v) is 5.10. The van der Waals surface area contributed by atoms with Crippen LogP contribution in [0.25, 0.3) is 0 Å². The van der Waals surface area contributed by atoms with Crippen LogP contribution in [0.15, 0.2) is 12.0 Å². The van der Waals surface area contributed by atoms with Gasteiger partial charge in [0.15, 0.2) is 0 Å². The van der Waals surface area contributed by atoms with E-state index in [2.05, 4.69) is 17.1 Å². The maximum Gasteiger partial charge on any atom is 0.133 e. The molecule has 2 nitrogen and oxygen atoms in total. The minimum absolute atomic E-state index is 0.254. The van der Waals surface area contributed by atoms with Gasteiger partial charge in [0.1, 0.15) is 22.7 Å². The lowest BCUT2D eigenvalue weighted by atomic mass is 10.5. The number of rotatable bonds is 2. The van der Waals surface area contributed by atoms with Crippen LogP contribution >= 0.6 is 0 Å². The SMILES string of the molecule is C=C[S+](C)N1CCOCC1. The molecule has 1 rings (SSSR count). The third-order valence-corrected chi connectivity index (χ3v) is 3.28. The Hall–Kier alpha value is 0.01000. The quantitative estimate of drug-likeness (QED) is 0.549. The van der Waals surface area contributed by atoms with Crippen LogP contribution < -0.4 is 0 Å². The summed E-state index contributed by atoms with van der Waals surface area (Å²) in [6, 6.07) is 0. The van der Waals surface area contributed by atoms with Crippen molar-refractivity contribution < 1.29 is 4.74 Å². The van der Waals surface area contributed by atoms with Crippen molar-refractivity contribution in [3.63, 3.8) is 0 Å². The van der Waals surface area contributed by atoms with Crippen LogP contribution in [0.2, 0.25) is 0 Å². The van der Waals surface area contributed by atoms with Gasteiger partial charge in [-0.05, 0) is 6.58 Å². The first-order chi connectivity index (χ1) is 4.84. The maximum absolute atomic E-state index is 5.22. The fourth-order valence-electron chi connectivity index (χ4n) is 0.940. The number of nitrogens with zero attached hydrogens (tertiary/aromatic N) is 1. The van der Waals surface area contributed by atoms with Crippen molar-refractivity contribution in [2.75, 3.05) is 32.6 Å². The van der Waals surface area contributed by atoms with Crippen molar-refractivity contribution in [2.45, 2.75) is 0 Å². The fourth-order valence-corrected chi connectivity index (χ4v) is 1.88. The highest BCUT2D eigenvalue weighted by molar-refractivity contribution is 7.96. The lowest BCUT2D eigenvalue weighted by molar-refractivity contribution is 0.0764. The fraction of sp³-hybridized carbons (Fsp3) is 0.714. The highest BCUT2D eigenvalue weighted by Gasteiger charge is 2.22. The van der Waals surface area contributed by atoms with E-state index in [1.165, 1.54) is 0 Å². The second-order valence-electron chi connectivity index (χ2n) is 2.23. The van der Waals surface area contributed by atoms with Crippen molar-refractivity contribution >= 4 is 11.1 Å². The summed E-state index contributed by atoms with van der Waals surface area (Å²) in [6.07, 6.45) is 2.19. The summed E-state index contributed by atoms with van der Waals surface area (Å²) >= 11 is 0.254. The summed E-state index contributed by atoms with van der Waals surface area (Å²) < 4.78 is 7.62. The van der Waals surface area contributed by atoms with E-state index in [9.17, 15) is 0 Å². The number of hydrogen-bond acceptors (Lipinski definition) is 2. The van der Waals surface area contributed by atoms with Crippen LogP contribution in [0.5, 0.6) is 0 Å². The topological polar surface area (TPSA) is 12.5 Å². The molecule has 0 amide bonds. The molecule has 1 saturated heterocycles. The molecule has 0 aromatic rings. The summed E-state index contributed by atoms with van der Waals surface area (Å²) in [5.41, 5.74) is 0. The highest BCUT2D eigenvalue weighted by Crippen LogP contribution is 2.05. The first kappa shape index (κ1) is 8.11. The molecule has 0 aromatic carbocycles. The second kappa shape index (κ2) is 4.01. The Morgan fingerprint density at radius 3 is 2.60 bits per heavy atom.